The number of fused-ring (bicyclic) bond motifs is 3. The van der Waals surface area contributed by atoms with Crippen LogP contribution in [0.2, 0.25) is 0 Å². The van der Waals surface area contributed by atoms with Crippen molar-refractivity contribution >= 4 is 11.9 Å². The molecule has 6 aromatic rings. The number of aliphatic hydroxyl groups is 1. The number of rotatable bonds is 12. The molecule has 0 spiro atoms. The van der Waals surface area contributed by atoms with Crippen LogP contribution < -0.4 is 20.5 Å². The number of hydrogen-bond acceptors (Lipinski definition) is 9. The van der Waals surface area contributed by atoms with Crippen LogP contribution in [0.3, 0.4) is 0 Å². The Hall–Kier alpha value is -6.27. The number of aliphatic hydroxyl groups excluding tert-OH is 1. The smallest absolute Gasteiger partial charge is 0.412 e. The maximum atomic E-state index is 13.4. The van der Waals surface area contributed by atoms with E-state index in [2.05, 4.69) is 22.4 Å². The first-order chi connectivity index (χ1) is 27.8. The molecule has 11 heteroatoms. The first-order valence-corrected chi connectivity index (χ1v) is 18.8. The Balaban J connectivity index is 0.987. The summed E-state index contributed by atoms with van der Waals surface area (Å²) in [7, 11) is 3.24. The van der Waals surface area contributed by atoms with E-state index in [0.717, 1.165) is 38.9 Å². The summed E-state index contributed by atoms with van der Waals surface area (Å²) in [6, 6.07) is 41.5. The summed E-state index contributed by atoms with van der Waals surface area (Å²) < 4.78 is 31.2. The van der Waals surface area contributed by atoms with Crippen LogP contribution in [0.25, 0.3) is 11.1 Å². The maximum absolute atomic E-state index is 13.4. The van der Waals surface area contributed by atoms with Crippen molar-refractivity contribution in [1.82, 2.24) is 9.55 Å². The Labute approximate surface area is 330 Å². The topological polar surface area (TPSA) is 130 Å². The molecule has 2 N–H and O–H groups in total. The number of carbonyl (C=O) groups is 1. The number of anilines is 1. The van der Waals surface area contributed by atoms with Crippen LogP contribution in [0.4, 0.5) is 10.6 Å². The molecule has 0 bridgehead atoms. The quantitative estimate of drug-likeness (QED) is 0.121. The molecule has 0 saturated carbocycles. The fourth-order valence-corrected chi connectivity index (χ4v) is 7.99. The van der Waals surface area contributed by atoms with Crippen LogP contribution >= 0.6 is 0 Å². The van der Waals surface area contributed by atoms with Gasteiger partial charge in [-0.2, -0.15) is 4.98 Å². The largest absolute Gasteiger partial charge is 0.497 e. The van der Waals surface area contributed by atoms with Crippen molar-refractivity contribution in [2.45, 2.75) is 43.3 Å². The molecule has 0 radical (unpaired) electrons. The van der Waals surface area contributed by atoms with E-state index in [1.54, 1.807) is 21.1 Å². The van der Waals surface area contributed by atoms with E-state index in [1.165, 1.54) is 10.8 Å². The van der Waals surface area contributed by atoms with Crippen molar-refractivity contribution < 1.29 is 33.6 Å². The molecule has 1 aliphatic heterocycles. The van der Waals surface area contributed by atoms with Crippen molar-refractivity contribution in [1.29, 1.82) is 0 Å². The average Bonchev–Trinajstić information content (AvgIpc) is 3.78. The SMILES string of the molecule is COc1ccc(C(OC[C@H]2CC(O)[C@H](n3cc(C)c(NC(=O)OCC4c5ccccc5-c5ccccc54)nc3=O)O2)(c2ccccc2)c2ccc(OC)cc2)cc1. The Kier molecular flexibility index (Phi) is 10.6. The van der Waals surface area contributed by atoms with E-state index in [9.17, 15) is 14.7 Å². The lowest BCUT2D eigenvalue weighted by Crippen LogP contribution is -2.36. The summed E-state index contributed by atoms with van der Waals surface area (Å²) in [5, 5.41) is 13.9. The molecule has 2 aliphatic rings. The number of nitrogens with zero attached hydrogens (tertiary/aromatic N) is 2. The summed E-state index contributed by atoms with van der Waals surface area (Å²) in [6.45, 7) is 1.90. The molecule has 2 heterocycles. The Morgan fingerprint density at radius 3 is 1.91 bits per heavy atom. The third-order valence-corrected chi connectivity index (χ3v) is 10.8. The third kappa shape index (κ3) is 7.28. The molecule has 8 rings (SSSR count). The van der Waals surface area contributed by atoms with Gasteiger partial charge in [0.2, 0.25) is 0 Å². The Bertz CT molecular complexity index is 2320. The molecular formula is C46H43N3O8. The van der Waals surface area contributed by atoms with Crippen molar-refractivity contribution in [3.63, 3.8) is 0 Å². The van der Waals surface area contributed by atoms with Crippen molar-refractivity contribution in [3.8, 4) is 22.6 Å². The molecular weight excluding hydrogens is 723 g/mol. The van der Waals surface area contributed by atoms with Gasteiger partial charge < -0.3 is 28.8 Å². The predicted octanol–water partition coefficient (Wildman–Crippen LogP) is 7.59. The van der Waals surface area contributed by atoms with Crippen LogP contribution in [0.1, 0.15) is 51.9 Å². The standard InChI is InChI=1S/C46H43N3O8/c1-29-26-49(44(51)47-42(29)48-45(52)55-28-40-38-15-9-7-13-36(38)37-14-8-10-16-39(37)40)43-41(50)25-35(57-43)27-56-46(30-11-5-4-6-12-30,31-17-21-33(53-2)22-18-31)32-19-23-34(54-3)24-20-32/h4-24,26,35,40-41,43,50H,25,27-28H2,1-3H3,(H,47,48,51,52)/t35-,41?,43-/m1/s1. The number of amides is 1. The molecule has 1 fully saturated rings. The van der Waals surface area contributed by atoms with E-state index in [1.807, 2.05) is 115 Å². The predicted molar refractivity (Wildman–Crippen MR) is 215 cm³/mol. The number of aryl methyl sites for hydroxylation is 1. The summed E-state index contributed by atoms with van der Waals surface area (Å²) in [6.07, 6.45) is -1.66. The summed E-state index contributed by atoms with van der Waals surface area (Å²) in [5.41, 5.74) is 5.71. The minimum atomic E-state index is -1.09. The first kappa shape index (κ1) is 37.6. The Morgan fingerprint density at radius 1 is 0.789 bits per heavy atom. The Morgan fingerprint density at radius 2 is 1.33 bits per heavy atom. The molecule has 57 heavy (non-hydrogen) atoms. The maximum Gasteiger partial charge on any atom is 0.412 e. The highest BCUT2D eigenvalue weighted by Crippen LogP contribution is 2.45. The minimum absolute atomic E-state index is 0.0625. The van der Waals surface area contributed by atoms with Crippen molar-refractivity contribution in [2.75, 3.05) is 32.8 Å². The lowest BCUT2D eigenvalue weighted by molar-refractivity contribution is -0.0875. The molecule has 1 amide bonds. The second kappa shape index (κ2) is 16.1. The van der Waals surface area contributed by atoms with Gasteiger partial charge in [-0.3, -0.25) is 9.88 Å². The molecule has 1 aromatic heterocycles. The second-order valence-electron chi connectivity index (χ2n) is 14.2. The van der Waals surface area contributed by atoms with Crippen LogP contribution in [0, 0.1) is 6.92 Å². The normalized spacial score (nSPS) is 17.4. The summed E-state index contributed by atoms with van der Waals surface area (Å²) in [5.74, 6) is 1.35. The van der Waals surface area contributed by atoms with Gasteiger partial charge in [-0.25, -0.2) is 9.59 Å². The molecule has 5 aromatic carbocycles. The highest BCUT2D eigenvalue weighted by molar-refractivity contribution is 5.84. The van der Waals surface area contributed by atoms with Crippen LogP contribution in [0.5, 0.6) is 11.5 Å². The van der Waals surface area contributed by atoms with Crippen LogP contribution in [-0.4, -0.2) is 60.4 Å². The zero-order chi connectivity index (χ0) is 39.5. The van der Waals surface area contributed by atoms with Crippen LogP contribution in [0.15, 0.2) is 138 Å². The number of nitrogens with one attached hydrogen (secondary N) is 1. The molecule has 1 unspecified atom stereocenters. The van der Waals surface area contributed by atoms with Gasteiger partial charge in [-0.15, -0.1) is 0 Å². The highest BCUT2D eigenvalue weighted by atomic mass is 16.6. The highest BCUT2D eigenvalue weighted by Gasteiger charge is 2.42. The molecule has 290 valence electrons. The number of carbonyl (C=O) groups excluding carboxylic acids is 1. The molecule has 1 aliphatic carbocycles. The number of ether oxygens (including phenoxy) is 5. The zero-order valence-electron chi connectivity index (χ0n) is 31.8. The van der Waals surface area contributed by atoms with Gasteiger partial charge >= 0.3 is 11.8 Å². The number of hydrogen-bond donors (Lipinski definition) is 2. The van der Waals surface area contributed by atoms with Gasteiger partial charge in [0, 0.05) is 24.1 Å². The van der Waals surface area contributed by atoms with Gasteiger partial charge in [0.25, 0.3) is 0 Å². The number of methoxy groups -OCH3 is 2. The zero-order valence-corrected chi connectivity index (χ0v) is 31.8. The van der Waals surface area contributed by atoms with E-state index in [-0.39, 0.29) is 31.4 Å². The van der Waals surface area contributed by atoms with Gasteiger partial charge in [-0.1, -0.05) is 103 Å². The van der Waals surface area contributed by atoms with E-state index in [4.69, 9.17) is 23.7 Å². The molecule has 11 nitrogen and oxygen atoms in total. The van der Waals surface area contributed by atoms with E-state index in [0.29, 0.717) is 17.1 Å². The average molecular weight is 766 g/mol. The first-order valence-electron chi connectivity index (χ1n) is 18.8. The van der Waals surface area contributed by atoms with Gasteiger partial charge in [0.05, 0.1) is 26.9 Å². The van der Waals surface area contributed by atoms with Crippen molar-refractivity contribution in [2.24, 2.45) is 0 Å². The van der Waals surface area contributed by atoms with Crippen LogP contribution in [-0.2, 0) is 19.8 Å². The monoisotopic (exact) mass is 765 g/mol. The van der Waals surface area contributed by atoms with E-state index >= 15 is 0 Å². The summed E-state index contributed by atoms with van der Waals surface area (Å²) in [4.78, 5) is 30.6. The fourth-order valence-electron chi connectivity index (χ4n) is 7.99. The van der Waals surface area contributed by atoms with Crippen molar-refractivity contribution in [3.05, 3.63) is 177 Å². The lowest BCUT2D eigenvalue weighted by atomic mass is 9.80. The van der Waals surface area contributed by atoms with Gasteiger partial charge in [-0.05, 0) is 70.1 Å². The second-order valence-corrected chi connectivity index (χ2v) is 14.2. The van der Waals surface area contributed by atoms with Gasteiger partial charge in [0.1, 0.15) is 35.6 Å². The molecule has 1 saturated heterocycles. The third-order valence-electron chi connectivity index (χ3n) is 10.8. The fraction of sp³-hybridized carbons (Fsp3) is 0.239. The van der Waals surface area contributed by atoms with E-state index < -0.39 is 35.8 Å². The van der Waals surface area contributed by atoms with Gasteiger partial charge in [0.15, 0.2) is 6.23 Å². The summed E-state index contributed by atoms with van der Waals surface area (Å²) >= 11 is 0. The minimum Gasteiger partial charge on any atom is -0.497 e. The molecule has 3 atom stereocenters. The number of benzene rings is 5. The lowest BCUT2D eigenvalue weighted by Gasteiger charge is -2.37. The number of aromatic nitrogens is 2.